The summed E-state index contributed by atoms with van der Waals surface area (Å²) in [6.45, 7) is 8.55. The second kappa shape index (κ2) is 6.57. The lowest BCUT2D eigenvalue weighted by Crippen LogP contribution is -2.12. The zero-order valence-corrected chi connectivity index (χ0v) is 13.2. The monoisotopic (exact) mass is 281 g/mol. The molecular weight excluding hydrogens is 258 g/mol. The molecule has 0 aliphatic carbocycles. The normalized spacial score (nSPS) is 11.0. The minimum atomic E-state index is -0.0570. The molecule has 110 valence electrons. The Balaban J connectivity index is 2.18. The zero-order chi connectivity index (χ0) is 15.4. The number of anilines is 1. The molecule has 0 fully saturated rings. The van der Waals surface area contributed by atoms with Gasteiger partial charge in [0.1, 0.15) is 0 Å². The van der Waals surface area contributed by atoms with Gasteiger partial charge in [0.05, 0.1) is 0 Å². The van der Waals surface area contributed by atoms with Crippen LogP contribution in [0.5, 0.6) is 0 Å². The summed E-state index contributed by atoms with van der Waals surface area (Å²) in [5.41, 5.74) is 3.96. The van der Waals surface area contributed by atoms with Crippen molar-refractivity contribution in [2.75, 3.05) is 5.32 Å². The molecule has 0 spiro atoms. The molecule has 0 unspecified atom stereocenters. The van der Waals surface area contributed by atoms with E-state index >= 15 is 0 Å². The second-order valence-electron chi connectivity index (χ2n) is 6.01. The van der Waals surface area contributed by atoms with Crippen molar-refractivity contribution in [3.05, 3.63) is 65.2 Å². The molecule has 1 N–H and O–H groups in total. The molecule has 0 saturated carbocycles. The van der Waals surface area contributed by atoms with Crippen LogP contribution in [0.2, 0.25) is 0 Å². The molecule has 0 bridgehead atoms. The first-order chi connectivity index (χ1) is 9.97. The molecule has 2 aromatic rings. The number of carbonyl (C=O) groups is 1. The van der Waals surface area contributed by atoms with Gasteiger partial charge in [-0.15, -0.1) is 0 Å². The minimum Gasteiger partial charge on any atom is -0.322 e. The lowest BCUT2D eigenvalue weighted by atomic mass is 10.0. The lowest BCUT2D eigenvalue weighted by molar-refractivity contribution is 0.102. The van der Waals surface area contributed by atoms with Crippen molar-refractivity contribution in [2.45, 2.75) is 39.5 Å². The summed E-state index contributed by atoms with van der Waals surface area (Å²) in [4.78, 5) is 12.4. The van der Waals surface area contributed by atoms with Gasteiger partial charge in [-0.1, -0.05) is 52.0 Å². The molecule has 0 radical (unpaired) electrons. The molecule has 2 nitrogen and oxygen atoms in total. The fourth-order valence-corrected chi connectivity index (χ4v) is 2.22. The molecule has 0 aliphatic heterocycles. The Kier molecular flexibility index (Phi) is 4.79. The minimum absolute atomic E-state index is 0.0570. The van der Waals surface area contributed by atoms with Crippen LogP contribution in [0.15, 0.2) is 48.5 Å². The van der Waals surface area contributed by atoms with Gasteiger partial charge in [-0.3, -0.25) is 4.79 Å². The van der Waals surface area contributed by atoms with Gasteiger partial charge in [-0.25, -0.2) is 0 Å². The molecule has 2 aromatic carbocycles. The van der Waals surface area contributed by atoms with E-state index in [9.17, 15) is 4.79 Å². The molecular formula is C19H23NO. The van der Waals surface area contributed by atoms with Gasteiger partial charge in [0.25, 0.3) is 5.91 Å². The van der Waals surface area contributed by atoms with E-state index in [1.54, 1.807) is 0 Å². The Labute approximate surface area is 127 Å². The van der Waals surface area contributed by atoms with Crippen LogP contribution >= 0.6 is 0 Å². The summed E-state index contributed by atoms with van der Waals surface area (Å²) in [5, 5.41) is 2.98. The van der Waals surface area contributed by atoms with Gasteiger partial charge < -0.3 is 5.32 Å². The number of hydrogen-bond acceptors (Lipinski definition) is 1. The molecule has 0 saturated heterocycles. The number of hydrogen-bond donors (Lipinski definition) is 1. The van der Waals surface area contributed by atoms with E-state index in [2.05, 4.69) is 45.1 Å². The van der Waals surface area contributed by atoms with Crippen LogP contribution in [-0.2, 0) is 0 Å². The Morgan fingerprint density at radius 2 is 1.43 bits per heavy atom. The summed E-state index contributed by atoms with van der Waals surface area (Å²) < 4.78 is 0. The van der Waals surface area contributed by atoms with E-state index in [4.69, 9.17) is 0 Å². The predicted molar refractivity (Wildman–Crippen MR) is 89.0 cm³/mol. The van der Waals surface area contributed by atoms with Gasteiger partial charge in [-0.2, -0.15) is 0 Å². The third-order valence-electron chi connectivity index (χ3n) is 3.63. The summed E-state index contributed by atoms with van der Waals surface area (Å²) in [7, 11) is 0. The van der Waals surface area contributed by atoms with Crippen molar-refractivity contribution in [3.8, 4) is 0 Å². The van der Waals surface area contributed by atoms with E-state index in [0.29, 0.717) is 17.4 Å². The Morgan fingerprint density at radius 3 is 2.05 bits per heavy atom. The number of nitrogens with one attached hydrogen (secondary N) is 1. The summed E-state index contributed by atoms with van der Waals surface area (Å²) in [6.07, 6.45) is 0. The van der Waals surface area contributed by atoms with Gasteiger partial charge in [0, 0.05) is 11.3 Å². The van der Waals surface area contributed by atoms with E-state index in [1.807, 2.05) is 36.4 Å². The second-order valence-corrected chi connectivity index (χ2v) is 6.01. The number of amides is 1. The predicted octanol–water partition coefficient (Wildman–Crippen LogP) is 5.19. The summed E-state index contributed by atoms with van der Waals surface area (Å²) in [5.74, 6) is 0.812. The maximum Gasteiger partial charge on any atom is 0.255 e. The standard InChI is InChI=1S/C19H23NO/c1-13(2)15-7-5-9-17(11-15)19(21)20-18-10-6-8-16(12-18)14(3)4/h5-14H,1-4H3,(H,20,21). The Bertz CT molecular complexity index is 629. The molecule has 1 amide bonds. The van der Waals surface area contributed by atoms with Crippen LogP contribution in [0.3, 0.4) is 0 Å². The van der Waals surface area contributed by atoms with Crippen molar-refractivity contribution in [1.82, 2.24) is 0 Å². The number of carbonyl (C=O) groups excluding carboxylic acids is 1. The molecule has 0 aliphatic rings. The molecule has 2 heteroatoms. The first-order valence-corrected chi connectivity index (χ1v) is 7.48. The third-order valence-corrected chi connectivity index (χ3v) is 3.63. The lowest BCUT2D eigenvalue weighted by Gasteiger charge is -2.11. The van der Waals surface area contributed by atoms with Crippen molar-refractivity contribution in [1.29, 1.82) is 0 Å². The van der Waals surface area contributed by atoms with Gasteiger partial charge in [0.2, 0.25) is 0 Å². The van der Waals surface area contributed by atoms with Crippen LogP contribution < -0.4 is 5.32 Å². The van der Waals surface area contributed by atoms with E-state index < -0.39 is 0 Å². The quantitative estimate of drug-likeness (QED) is 0.821. The van der Waals surface area contributed by atoms with E-state index in [0.717, 1.165) is 5.69 Å². The number of rotatable bonds is 4. The third kappa shape index (κ3) is 3.94. The highest BCUT2D eigenvalue weighted by atomic mass is 16.1. The maximum atomic E-state index is 12.4. The van der Waals surface area contributed by atoms with Gasteiger partial charge >= 0.3 is 0 Å². The van der Waals surface area contributed by atoms with E-state index in [-0.39, 0.29) is 5.91 Å². The highest BCUT2D eigenvalue weighted by Crippen LogP contribution is 2.20. The van der Waals surface area contributed by atoms with Crippen molar-refractivity contribution >= 4 is 11.6 Å². The highest BCUT2D eigenvalue weighted by molar-refractivity contribution is 6.04. The van der Waals surface area contributed by atoms with Crippen LogP contribution in [0.25, 0.3) is 0 Å². The van der Waals surface area contributed by atoms with Crippen LogP contribution in [0, 0.1) is 0 Å². The fourth-order valence-electron chi connectivity index (χ4n) is 2.22. The topological polar surface area (TPSA) is 29.1 Å². The molecule has 0 heterocycles. The smallest absolute Gasteiger partial charge is 0.255 e. The van der Waals surface area contributed by atoms with Crippen LogP contribution in [0.1, 0.15) is 61.0 Å². The Hall–Kier alpha value is -2.09. The zero-order valence-electron chi connectivity index (χ0n) is 13.2. The summed E-state index contributed by atoms with van der Waals surface area (Å²) in [6, 6.07) is 15.8. The SMILES string of the molecule is CC(C)c1cccc(NC(=O)c2cccc(C(C)C)c2)c1. The van der Waals surface area contributed by atoms with Crippen molar-refractivity contribution < 1.29 is 4.79 Å². The average molecular weight is 281 g/mol. The molecule has 0 aromatic heterocycles. The van der Waals surface area contributed by atoms with Crippen LogP contribution in [-0.4, -0.2) is 5.91 Å². The summed E-state index contributed by atoms with van der Waals surface area (Å²) >= 11 is 0. The van der Waals surface area contributed by atoms with E-state index in [1.165, 1.54) is 11.1 Å². The highest BCUT2D eigenvalue weighted by Gasteiger charge is 2.09. The largest absolute Gasteiger partial charge is 0.322 e. The maximum absolute atomic E-state index is 12.4. The molecule has 0 atom stereocenters. The average Bonchev–Trinajstić information content (AvgIpc) is 2.47. The van der Waals surface area contributed by atoms with Crippen molar-refractivity contribution in [3.63, 3.8) is 0 Å². The first-order valence-electron chi connectivity index (χ1n) is 7.48. The fraction of sp³-hybridized carbons (Fsp3) is 0.316. The van der Waals surface area contributed by atoms with Crippen molar-refractivity contribution in [2.24, 2.45) is 0 Å². The van der Waals surface area contributed by atoms with Gasteiger partial charge in [0.15, 0.2) is 0 Å². The van der Waals surface area contributed by atoms with Gasteiger partial charge in [-0.05, 0) is 47.2 Å². The first kappa shape index (κ1) is 15.3. The van der Waals surface area contributed by atoms with Crippen LogP contribution in [0.4, 0.5) is 5.69 Å². The Morgan fingerprint density at radius 1 is 0.857 bits per heavy atom. The molecule has 2 rings (SSSR count). The molecule has 21 heavy (non-hydrogen) atoms. The number of benzene rings is 2.